The molecule has 0 saturated carbocycles. The molecule has 0 heterocycles. The summed E-state index contributed by atoms with van der Waals surface area (Å²) in [6, 6.07) is 4.27. The van der Waals surface area contributed by atoms with Crippen LogP contribution in [-0.4, -0.2) is 40.0 Å². The Morgan fingerprint density at radius 2 is 1.75 bits per heavy atom. The van der Waals surface area contributed by atoms with Crippen molar-refractivity contribution in [1.82, 2.24) is 5.32 Å². The normalized spacial score (nSPS) is 14.7. The van der Waals surface area contributed by atoms with Crippen molar-refractivity contribution < 1.29 is 39.4 Å². The Balaban J connectivity index is 3.21. The molecule has 0 aliphatic heterocycles. The molecule has 1 aromatic carbocycles. The first kappa shape index (κ1) is 23.3. The van der Waals surface area contributed by atoms with Gasteiger partial charge < -0.3 is 25.1 Å². The summed E-state index contributed by atoms with van der Waals surface area (Å²) in [5.41, 5.74) is -1.25. The number of alkyl carbamates (subject to hydrolysis) is 1. The second-order valence-corrected chi connectivity index (χ2v) is 7.42. The lowest BCUT2D eigenvalue weighted by Gasteiger charge is -2.26. The van der Waals surface area contributed by atoms with Gasteiger partial charge >= 0.3 is 18.0 Å². The van der Waals surface area contributed by atoms with Crippen LogP contribution in [0.2, 0.25) is 0 Å². The quantitative estimate of drug-likeness (QED) is 0.397. The van der Waals surface area contributed by atoms with E-state index in [4.69, 9.17) is 9.47 Å². The maximum Gasteiger partial charge on any atom is 0.409 e. The lowest BCUT2D eigenvalue weighted by molar-refractivity contribution is -0.991. The van der Waals surface area contributed by atoms with E-state index in [9.17, 15) is 29.9 Å². The van der Waals surface area contributed by atoms with Gasteiger partial charge in [0.05, 0.1) is 5.56 Å². The highest BCUT2D eigenvalue weighted by atomic mass is 16.8. The standard InChI is InChI=1S/C18H26N2O8/c1-10(2)13(15(21)22)19-17(24)27-14(16(23)28-18(3,4)5)11-8-6-7-9-12(11)20(25)26/h6-10,13-14,20,25H,1-5H3,(H,19,24)(H,21,22)/t13-,14?/m1/s1. The van der Waals surface area contributed by atoms with Gasteiger partial charge in [0.1, 0.15) is 11.6 Å². The van der Waals surface area contributed by atoms with Gasteiger partial charge in [0, 0.05) is 6.07 Å². The molecular weight excluding hydrogens is 372 g/mol. The maximum absolute atomic E-state index is 12.6. The number of hydrogen-bond acceptors (Lipinski definition) is 7. The number of para-hydroxylation sites is 1. The third kappa shape index (κ3) is 6.80. The Labute approximate surface area is 162 Å². The van der Waals surface area contributed by atoms with Crippen molar-refractivity contribution in [2.75, 3.05) is 0 Å². The van der Waals surface area contributed by atoms with E-state index in [1.54, 1.807) is 34.6 Å². The number of rotatable bonds is 7. The minimum atomic E-state index is -1.69. The van der Waals surface area contributed by atoms with E-state index in [0.717, 1.165) is 0 Å². The lowest BCUT2D eigenvalue weighted by Crippen LogP contribution is -2.99. The van der Waals surface area contributed by atoms with Crippen LogP contribution < -0.4 is 10.5 Å². The molecule has 28 heavy (non-hydrogen) atoms. The van der Waals surface area contributed by atoms with E-state index in [1.165, 1.54) is 24.3 Å². The SMILES string of the molecule is CC(C)[C@@H](NC(=O)OC(C(=O)OC(C)(C)C)c1ccccc1[NH+]([O-])O)C(=O)O. The van der Waals surface area contributed by atoms with Crippen LogP contribution in [0.25, 0.3) is 0 Å². The summed E-state index contributed by atoms with van der Waals surface area (Å²) < 4.78 is 10.4. The highest BCUT2D eigenvalue weighted by Gasteiger charge is 2.35. The van der Waals surface area contributed by atoms with E-state index in [1.807, 2.05) is 0 Å². The van der Waals surface area contributed by atoms with Crippen molar-refractivity contribution in [2.24, 2.45) is 5.92 Å². The first-order valence-electron chi connectivity index (χ1n) is 8.58. The molecule has 156 valence electrons. The summed E-state index contributed by atoms with van der Waals surface area (Å²) in [5.74, 6) is -2.70. The van der Waals surface area contributed by atoms with Gasteiger partial charge in [0.15, 0.2) is 5.69 Å². The minimum Gasteiger partial charge on any atom is -0.595 e. The first-order valence-corrected chi connectivity index (χ1v) is 8.58. The zero-order valence-electron chi connectivity index (χ0n) is 16.4. The Morgan fingerprint density at radius 3 is 2.21 bits per heavy atom. The average molecular weight is 398 g/mol. The second-order valence-electron chi connectivity index (χ2n) is 7.42. The smallest absolute Gasteiger partial charge is 0.409 e. The van der Waals surface area contributed by atoms with Crippen molar-refractivity contribution in [1.29, 1.82) is 0 Å². The third-order valence-electron chi connectivity index (χ3n) is 3.53. The van der Waals surface area contributed by atoms with E-state index in [0.29, 0.717) is 0 Å². The minimum absolute atomic E-state index is 0.0872. The van der Waals surface area contributed by atoms with E-state index >= 15 is 0 Å². The topological polar surface area (TPSA) is 150 Å². The number of esters is 1. The van der Waals surface area contributed by atoms with Gasteiger partial charge in [0.25, 0.3) is 0 Å². The van der Waals surface area contributed by atoms with Crippen molar-refractivity contribution in [2.45, 2.75) is 52.4 Å². The average Bonchev–Trinajstić information content (AvgIpc) is 2.55. The molecule has 0 aromatic heterocycles. The number of nitrogens with one attached hydrogen (secondary N) is 2. The van der Waals surface area contributed by atoms with Crippen LogP contribution in [0, 0.1) is 11.1 Å². The lowest BCUT2D eigenvalue weighted by atomic mass is 10.1. The fraction of sp³-hybridized carbons (Fsp3) is 0.500. The second kappa shape index (κ2) is 9.49. The summed E-state index contributed by atoms with van der Waals surface area (Å²) in [4.78, 5) is 36.1. The zero-order valence-corrected chi connectivity index (χ0v) is 16.4. The van der Waals surface area contributed by atoms with E-state index in [-0.39, 0.29) is 11.3 Å². The fourth-order valence-corrected chi connectivity index (χ4v) is 2.30. The number of aliphatic carboxylic acids is 1. The number of carbonyl (C=O) groups is 3. The van der Waals surface area contributed by atoms with Gasteiger partial charge in [-0.1, -0.05) is 26.0 Å². The van der Waals surface area contributed by atoms with Crippen molar-refractivity contribution >= 4 is 23.7 Å². The predicted octanol–water partition coefficient (Wildman–Crippen LogP) is 1.31. The van der Waals surface area contributed by atoms with Gasteiger partial charge in [-0.2, -0.15) is 5.23 Å². The van der Waals surface area contributed by atoms with E-state index in [2.05, 4.69) is 5.32 Å². The highest BCUT2D eigenvalue weighted by Crippen LogP contribution is 2.27. The summed E-state index contributed by atoms with van der Waals surface area (Å²) in [5, 5.41) is 30.9. The molecule has 0 radical (unpaired) electrons. The number of quaternary nitrogens is 1. The van der Waals surface area contributed by atoms with Crippen molar-refractivity contribution in [3.63, 3.8) is 0 Å². The Morgan fingerprint density at radius 1 is 1.18 bits per heavy atom. The summed E-state index contributed by atoms with van der Waals surface area (Å²) in [6.07, 6.45) is -2.87. The van der Waals surface area contributed by atoms with Crippen LogP contribution in [0.5, 0.6) is 0 Å². The first-order chi connectivity index (χ1) is 12.8. The number of carbonyl (C=O) groups excluding carboxylic acids is 2. The summed E-state index contributed by atoms with van der Waals surface area (Å²) in [7, 11) is 0. The summed E-state index contributed by atoms with van der Waals surface area (Å²) in [6.45, 7) is 7.98. The molecule has 10 nitrogen and oxygen atoms in total. The fourth-order valence-electron chi connectivity index (χ4n) is 2.30. The molecule has 0 fully saturated rings. The molecule has 0 aliphatic carbocycles. The molecule has 4 N–H and O–H groups in total. The number of amides is 1. The van der Waals surface area contributed by atoms with Crippen LogP contribution in [0.15, 0.2) is 24.3 Å². The molecule has 1 aromatic rings. The molecule has 0 aliphatic rings. The molecule has 0 saturated heterocycles. The third-order valence-corrected chi connectivity index (χ3v) is 3.53. The Hall–Kier alpha value is -2.69. The van der Waals surface area contributed by atoms with Crippen LogP contribution in [0.4, 0.5) is 10.5 Å². The molecule has 3 atom stereocenters. The zero-order chi connectivity index (χ0) is 21.6. The van der Waals surface area contributed by atoms with Gasteiger partial charge in [-0.3, -0.25) is 0 Å². The Bertz CT molecular complexity index is 712. The van der Waals surface area contributed by atoms with Crippen LogP contribution >= 0.6 is 0 Å². The molecular formula is C18H26N2O8. The van der Waals surface area contributed by atoms with Gasteiger partial charge in [-0.15, -0.1) is 0 Å². The Kier molecular flexibility index (Phi) is 7.91. The van der Waals surface area contributed by atoms with Crippen LogP contribution in [0.3, 0.4) is 0 Å². The van der Waals surface area contributed by atoms with Crippen LogP contribution in [0.1, 0.15) is 46.3 Å². The highest BCUT2D eigenvalue weighted by molar-refractivity contribution is 5.84. The van der Waals surface area contributed by atoms with Crippen molar-refractivity contribution in [3.05, 3.63) is 35.0 Å². The largest absolute Gasteiger partial charge is 0.595 e. The number of carboxylic acid groups (broad SMARTS) is 1. The van der Waals surface area contributed by atoms with Crippen molar-refractivity contribution in [3.8, 4) is 0 Å². The molecule has 1 amide bonds. The molecule has 1 rings (SSSR count). The number of ether oxygens (including phenoxy) is 2. The summed E-state index contributed by atoms with van der Waals surface area (Å²) >= 11 is 0. The number of carboxylic acids is 1. The molecule has 0 bridgehead atoms. The van der Waals surface area contributed by atoms with Gasteiger partial charge in [-0.25, -0.2) is 19.6 Å². The molecule has 10 heteroatoms. The predicted molar refractivity (Wildman–Crippen MR) is 96.7 cm³/mol. The maximum atomic E-state index is 12.6. The molecule has 0 spiro atoms. The van der Waals surface area contributed by atoms with Crippen LogP contribution in [-0.2, 0) is 19.1 Å². The number of hydrogen-bond donors (Lipinski definition) is 4. The monoisotopic (exact) mass is 398 g/mol. The van der Waals surface area contributed by atoms with Gasteiger partial charge in [-0.05, 0) is 32.8 Å². The molecule has 2 unspecified atom stereocenters. The number of benzene rings is 1. The van der Waals surface area contributed by atoms with Gasteiger partial charge in [0.2, 0.25) is 6.10 Å². The van der Waals surface area contributed by atoms with E-state index < -0.39 is 46.9 Å².